The van der Waals surface area contributed by atoms with Crippen molar-refractivity contribution >= 4 is 21.4 Å². The highest BCUT2D eigenvalue weighted by Crippen LogP contribution is 2.25. The number of thiophene rings is 1. The molecule has 0 fully saturated rings. The Balaban J connectivity index is 2.30. The molecule has 102 valence electrons. The largest absolute Gasteiger partial charge is 0.259 e. The van der Waals surface area contributed by atoms with Gasteiger partial charge < -0.3 is 0 Å². The molecule has 2 rings (SSSR count). The molecule has 0 aliphatic carbocycles. The zero-order chi connectivity index (χ0) is 14.1. The van der Waals surface area contributed by atoms with Gasteiger partial charge in [-0.15, -0.1) is 11.3 Å². The third-order valence-electron chi connectivity index (χ3n) is 2.68. The summed E-state index contributed by atoms with van der Waals surface area (Å²) < 4.78 is 27.6. The lowest BCUT2D eigenvalue weighted by atomic mass is 10.0. The molecule has 0 aliphatic rings. The van der Waals surface area contributed by atoms with Crippen LogP contribution < -0.4 is 4.72 Å². The Hall–Kier alpha value is -1.24. The molecule has 0 amide bonds. The zero-order valence-corrected chi connectivity index (χ0v) is 12.7. The second kappa shape index (κ2) is 5.03. The van der Waals surface area contributed by atoms with Crippen LogP contribution in [-0.2, 0) is 15.6 Å². The first-order chi connectivity index (χ1) is 8.81. The number of aromatic nitrogens is 1. The number of hydrogen-bond donors (Lipinski definition) is 1. The maximum atomic E-state index is 12.3. The van der Waals surface area contributed by atoms with Crippen molar-refractivity contribution in [2.24, 2.45) is 0 Å². The molecular weight excluding hydrogens is 280 g/mol. The van der Waals surface area contributed by atoms with Gasteiger partial charge in [-0.2, -0.15) is 4.72 Å². The average Bonchev–Trinajstić information content (AvgIpc) is 2.77. The molecule has 2 aromatic heterocycles. The third-order valence-corrected chi connectivity index (χ3v) is 5.82. The minimum Gasteiger partial charge on any atom is -0.259 e. The predicted molar refractivity (Wildman–Crippen MR) is 76.6 cm³/mol. The zero-order valence-electron chi connectivity index (χ0n) is 11.0. The van der Waals surface area contributed by atoms with Gasteiger partial charge in [-0.1, -0.05) is 6.07 Å². The van der Waals surface area contributed by atoms with Crippen LogP contribution in [-0.4, -0.2) is 13.4 Å². The van der Waals surface area contributed by atoms with Gasteiger partial charge in [0.25, 0.3) is 10.0 Å². The summed E-state index contributed by atoms with van der Waals surface area (Å²) in [5.74, 6) is 0. The Labute approximate surface area is 117 Å². The molecule has 0 spiro atoms. The van der Waals surface area contributed by atoms with Gasteiger partial charge in [0.05, 0.1) is 11.2 Å². The summed E-state index contributed by atoms with van der Waals surface area (Å²) in [6, 6.07) is 8.87. The quantitative estimate of drug-likeness (QED) is 0.943. The molecule has 19 heavy (non-hydrogen) atoms. The van der Waals surface area contributed by atoms with E-state index in [9.17, 15) is 8.42 Å². The van der Waals surface area contributed by atoms with E-state index >= 15 is 0 Å². The van der Waals surface area contributed by atoms with E-state index in [0.29, 0.717) is 9.90 Å². The van der Waals surface area contributed by atoms with Gasteiger partial charge in [0, 0.05) is 11.1 Å². The lowest BCUT2D eigenvalue weighted by Crippen LogP contribution is -2.41. The molecule has 0 atom stereocenters. The van der Waals surface area contributed by atoms with Gasteiger partial charge >= 0.3 is 0 Å². The highest BCUT2D eigenvalue weighted by molar-refractivity contribution is 7.91. The molecule has 1 N–H and O–H groups in total. The van der Waals surface area contributed by atoms with E-state index in [1.54, 1.807) is 38.2 Å². The molecule has 0 saturated heterocycles. The normalized spacial score (nSPS) is 12.6. The van der Waals surface area contributed by atoms with Crippen LogP contribution in [0.2, 0.25) is 0 Å². The maximum Gasteiger partial charge on any atom is 0.250 e. The summed E-state index contributed by atoms with van der Waals surface area (Å²) in [7, 11) is -3.52. The minimum absolute atomic E-state index is 0.328. The van der Waals surface area contributed by atoms with Crippen molar-refractivity contribution in [1.82, 2.24) is 9.71 Å². The number of aryl methyl sites for hydroxylation is 1. The van der Waals surface area contributed by atoms with Crippen molar-refractivity contribution < 1.29 is 8.42 Å². The SMILES string of the molecule is Cc1ccc(S(=O)(=O)NC(C)(C)c2ccccn2)s1. The van der Waals surface area contributed by atoms with E-state index in [-0.39, 0.29) is 0 Å². The van der Waals surface area contributed by atoms with Crippen LogP contribution in [0, 0.1) is 6.92 Å². The molecule has 2 aromatic rings. The van der Waals surface area contributed by atoms with Crippen LogP contribution in [0.4, 0.5) is 0 Å². The maximum absolute atomic E-state index is 12.3. The number of nitrogens with one attached hydrogen (secondary N) is 1. The molecule has 0 radical (unpaired) electrons. The first-order valence-electron chi connectivity index (χ1n) is 5.83. The Morgan fingerprint density at radius 1 is 1.21 bits per heavy atom. The van der Waals surface area contributed by atoms with Crippen LogP contribution in [0.25, 0.3) is 0 Å². The highest BCUT2D eigenvalue weighted by Gasteiger charge is 2.29. The van der Waals surface area contributed by atoms with Gasteiger partial charge in [0.15, 0.2) is 0 Å². The van der Waals surface area contributed by atoms with Crippen LogP contribution in [0.5, 0.6) is 0 Å². The number of sulfonamides is 1. The number of rotatable bonds is 4. The summed E-state index contributed by atoms with van der Waals surface area (Å²) in [6.45, 7) is 5.48. The summed E-state index contributed by atoms with van der Waals surface area (Å²) in [4.78, 5) is 5.18. The Morgan fingerprint density at radius 2 is 1.95 bits per heavy atom. The minimum atomic E-state index is -3.52. The van der Waals surface area contributed by atoms with Crippen LogP contribution in [0.1, 0.15) is 24.4 Å². The Bertz CT molecular complexity index is 661. The molecule has 0 bridgehead atoms. The molecule has 6 heteroatoms. The molecule has 0 saturated carbocycles. The fraction of sp³-hybridized carbons (Fsp3) is 0.308. The van der Waals surface area contributed by atoms with E-state index in [1.165, 1.54) is 11.3 Å². The molecule has 0 aromatic carbocycles. The fourth-order valence-corrected chi connectivity index (χ4v) is 4.40. The second-order valence-electron chi connectivity index (χ2n) is 4.81. The monoisotopic (exact) mass is 296 g/mol. The summed E-state index contributed by atoms with van der Waals surface area (Å²) in [5, 5.41) is 0. The van der Waals surface area contributed by atoms with Gasteiger partial charge in [0.1, 0.15) is 4.21 Å². The van der Waals surface area contributed by atoms with Gasteiger partial charge in [-0.25, -0.2) is 8.42 Å². The summed E-state index contributed by atoms with van der Waals surface area (Å²) in [6.07, 6.45) is 1.65. The van der Waals surface area contributed by atoms with Gasteiger partial charge in [-0.3, -0.25) is 4.98 Å². The van der Waals surface area contributed by atoms with Gasteiger partial charge in [0.2, 0.25) is 0 Å². The van der Waals surface area contributed by atoms with E-state index in [1.807, 2.05) is 19.1 Å². The first kappa shape index (κ1) is 14.2. The molecule has 0 unspecified atom stereocenters. The van der Waals surface area contributed by atoms with Crippen LogP contribution >= 0.6 is 11.3 Å². The number of pyridine rings is 1. The van der Waals surface area contributed by atoms with E-state index in [4.69, 9.17) is 0 Å². The predicted octanol–water partition coefficient (Wildman–Crippen LogP) is 2.67. The highest BCUT2D eigenvalue weighted by atomic mass is 32.2. The van der Waals surface area contributed by atoms with E-state index in [2.05, 4.69) is 9.71 Å². The second-order valence-corrected chi connectivity index (χ2v) is 8.01. The molecule has 0 aliphatic heterocycles. The van der Waals surface area contributed by atoms with Crippen molar-refractivity contribution in [3.05, 3.63) is 47.1 Å². The average molecular weight is 296 g/mol. The molecular formula is C13H16N2O2S2. The van der Waals surface area contributed by atoms with Crippen LogP contribution in [0.3, 0.4) is 0 Å². The van der Waals surface area contributed by atoms with Gasteiger partial charge in [-0.05, 0) is 45.0 Å². The number of nitrogens with zero attached hydrogens (tertiary/aromatic N) is 1. The third kappa shape index (κ3) is 3.20. The first-order valence-corrected chi connectivity index (χ1v) is 8.13. The fourth-order valence-electron chi connectivity index (χ4n) is 1.73. The van der Waals surface area contributed by atoms with Crippen molar-refractivity contribution in [1.29, 1.82) is 0 Å². The summed E-state index contributed by atoms with van der Waals surface area (Å²) in [5.41, 5.74) is -0.0651. The van der Waals surface area contributed by atoms with Crippen molar-refractivity contribution in [2.45, 2.75) is 30.5 Å². The Morgan fingerprint density at radius 3 is 2.47 bits per heavy atom. The smallest absolute Gasteiger partial charge is 0.250 e. The van der Waals surface area contributed by atoms with Crippen molar-refractivity contribution in [2.75, 3.05) is 0 Å². The Kier molecular flexibility index (Phi) is 3.75. The summed E-state index contributed by atoms with van der Waals surface area (Å²) >= 11 is 1.26. The van der Waals surface area contributed by atoms with Crippen molar-refractivity contribution in [3.63, 3.8) is 0 Å². The lowest BCUT2D eigenvalue weighted by molar-refractivity contribution is 0.461. The topological polar surface area (TPSA) is 59.1 Å². The molecule has 4 nitrogen and oxygen atoms in total. The lowest BCUT2D eigenvalue weighted by Gasteiger charge is -2.24. The number of hydrogen-bond acceptors (Lipinski definition) is 4. The van der Waals surface area contributed by atoms with Crippen molar-refractivity contribution in [3.8, 4) is 0 Å². The molecule has 2 heterocycles. The van der Waals surface area contributed by atoms with E-state index < -0.39 is 15.6 Å². The van der Waals surface area contributed by atoms with Crippen LogP contribution in [0.15, 0.2) is 40.7 Å². The van der Waals surface area contributed by atoms with E-state index in [0.717, 1.165) is 4.88 Å². The standard InChI is InChI=1S/C13H16N2O2S2/c1-10-7-8-12(18-10)19(16,17)15-13(2,3)11-6-4-5-9-14-11/h4-9,15H,1-3H3.